The van der Waals surface area contributed by atoms with E-state index in [1.165, 1.54) is 71.0 Å². The fraction of sp³-hybridized carbons (Fsp3) is 0.700. The van der Waals surface area contributed by atoms with E-state index in [1.54, 1.807) is 12.1 Å². The lowest BCUT2D eigenvalue weighted by Crippen LogP contribution is -2.41. The van der Waals surface area contributed by atoms with Crippen molar-refractivity contribution in [2.75, 3.05) is 26.2 Å². The van der Waals surface area contributed by atoms with Gasteiger partial charge in [0.05, 0.1) is 6.61 Å². The highest BCUT2D eigenvalue weighted by Crippen LogP contribution is 2.26. The number of hydrogen-bond acceptors (Lipinski definition) is 3. The third-order valence-electron chi connectivity index (χ3n) is 5.17. The van der Waals surface area contributed by atoms with Crippen LogP contribution in [0.25, 0.3) is 0 Å². The van der Waals surface area contributed by atoms with Crippen LogP contribution >= 0.6 is 0 Å². The van der Waals surface area contributed by atoms with Gasteiger partial charge in [0.25, 0.3) is 0 Å². The van der Waals surface area contributed by atoms with Crippen molar-refractivity contribution >= 4 is 0 Å². The second-order valence-electron chi connectivity index (χ2n) is 6.95. The highest BCUT2D eigenvalue weighted by Gasteiger charge is 2.24. The van der Waals surface area contributed by atoms with Gasteiger partial charge in [-0.25, -0.2) is 0 Å². The highest BCUT2D eigenvalue weighted by molar-refractivity contribution is 5.16. The van der Waals surface area contributed by atoms with Gasteiger partial charge in [-0.2, -0.15) is 0 Å². The number of fused-ring (bicyclic) bond motifs is 3. The first-order chi connectivity index (χ1) is 11.3. The molecule has 0 aromatic heterocycles. The van der Waals surface area contributed by atoms with Gasteiger partial charge in [-0.1, -0.05) is 62.4 Å². The van der Waals surface area contributed by atoms with Crippen LogP contribution in [0.5, 0.6) is 0 Å². The average molecular weight is 319 g/mol. The van der Waals surface area contributed by atoms with Crippen LogP contribution in [-0.4, -0.2) is 41.4 Å². The van der Waals surface area contributed by atoms with Crippen molar-refractivity contribution in [3.63, 3.8) is 0 Å². The predicted octanol–water partition coefficient (Wildman–Crippen LogP) is 3.76. The Bertz CT molecular complexity index is 367. The first kappa shape index (κ1) is 18.4. The highest BCUT2D eigenvalue weighted by atomic mass is 16.3. The first-order valence-corrected chi connectivity index (χ1v) is 9.36. The van der Waals surface area contributed by atoms with Crippen LogP contribution in [0.2, 0.25) is 0 Å². The Hall–Kier alpha value is -0.900. The van der Waals surface area contributed by atoms with Crippen molar-refractivity contribution in [3.05, 3.63) is 35.9 Å². The van der Waals surface area contributed by atoms with Crippen LogP contribution in [0.15, 0.2) is 30.3 Å². The first-order valence-electron chi connectivity index (χ1n) is 9.36. The number of aliphatic hydroxyl groups excluding tert-OH is 2. The zero-order valence-electron chi connectivity index (χ0n) is 14.4. The van der Waals surface area contributed by atoms with Gasteiger partial charge in [-0.05, 0) is 50.4 Å². The number of rotatable bonds is 2. The van der Waals surface area contributed by atoms with E-state index in [1.807, 2.05) is 18.2 Å². The van der Waals surface area contributed by atoms with E-state index in [9.17, 15) is 0 Å². The van der Waals surface area contributed by atoms with Crippen molar-refractivity contribution in [2.24, 2.45) is 5.92 Å². The molecule has 1 aromatic carbocycles. The molecule has 3 saturated heterocycles. The third kappa shape index (κ3) is 7.03. The summed E-state index contributed by atoms with van der Waals surface area (Å²) in [5.41, 5.74) is 0.755. The Balaban J connectivity index is 0.000000132. The number of aliphatic hydroxyl groups is 2. The van der Waals surface area contributed by atoms with E-state index in [2.05, 4.69) is 4.90 Å². The van der Waals surface area contributed by atoms with Gasteiger partial charge in [0, 0.05) is 0 Å². The van der Waals surface area contributed by atoms with Crippen LogP contribution < -0.4 is 0 Å². The van der Waals surface area contributed by atoms with Gasteiger partial charge >= 0.3 is 0 Å². The fourth-order valence-corrected chi connectivity index (χ4v) is 3.53. The number of benzene rings is 1. The van der Waals surface area contributed by atoms with Gasteiger partial charge in [0.2, 0.25) is 0 Å². The monoisotopic (exact) mass is 319 g/mol. The van der Waals surface area contributed by atoms with E-state index in [-0.39, 0.29) is 6.61 Å². The molecule has 1 aliphatic carbocycles. The Labute approximate surface area is 141 Å². The maximum atomic E-state index is 9.08. The lowest BCUT2D eigenvalue weighted by atomic mass is 9.89. The summed E-state index contributed by atoms with van der Waals surface area (Å²) >= 11 is 0. The molecule has 130 valence electrons. The normalized spacial score (nSPS) is 26.5. The third-order valence-corrected chi connectivity index (χ3v) is 5.17. The summed E-state index contributed by atoms with van der Waals surface area (Å²) in [5.74, 6) is 1.11. The van der Waals surface area contributed by atoms with E-state index < -0.39 is 6.10 Å². The predicted molar refractivity (Wildman–Crippen MR) is 95.4 cm³/mol. The summed E-state index contributed by atoms with van der Waals surface area (Å²) in [6.07, 6.45) is 11.2. The molecule has 3 nitrogen and oxygen atoms in total. The molecule has 3 aliphatic heterocycles. The molecule has 2 bridgehead atoms. The van der Waals surface area contributed by atoms with Crippen LogP contribution in [0, 0.1) is 5.92 Å². The van der Waals surface area contributed by atoms with E-state index in [0.717, 1.165) is 11.5 Å². The smallest absolute Gasteiger partial charge is 0.102 e. The summed E-state index contributed by atoms with van der Waals surface area (Å²) in [5, 5.41) is 17.6. The van der Waals surface area contributed by atoms with Crippen LogP contribution in [-0.2, 0) is 0 Å². The fourth-order valence-electron chi connectivity index (χ4n) is 3.53. The van der Waals surface area contributed by atoms with Gasteiger partial charge < -0.3 is 15.1 Å². The largest absolute Gasteiger partial charge is 0.393 e. The zero-order chi connectivity index (χ0) is 16.3. The van der Waals surface area contributed by atoms with Gasteiger partial charge in [0.1, 0.15) is 6.10 Å². The van der Waals surface area contributed by atoms with Crippen molar-refractivity contribution in [3.8, 4) is 0 Å². The topological polar surface area (TPSA) is 43.7 Å². The molecule has 3 heterocycles. The van der Waals surface area contributed by atoms with Crippen molar-refractivity contribution < 1.29 is 10.2 Å². The molecule has 0 radical (unpaired) electrons. The molecule has 0 amide bonds. The average Bonchev–Trinajstić information content (AvgIpc) is 3.24. The SMILES string of the molecule is C1CCCC1.C1CN2CCC1CC2.OCC(O)c1ccccc1. The minimum absolute atomic E-state index is 0.218. The molecular weight excluding hydrogens is 286 g/mol. The quantitative estimate of drug-likeness (QED) is 0.872. The maximum absolute atomic E-state index is 9.08. The van der Waals surface area contributed by atoms with Gasteiger partial charge in [0.15, 0.2) is 0 Å². The second kappa shape index (κ2) is 10.8. The number of hydrogen-bond donors (Lipinski definition) is 2. The minimum atomic E-state index is -0.735. The Kier molecular flexibility index (Phi) is 8.66. The standard InChI is InChI=1S/C8H10O2.C7H13N.C5H10/c9-6-8(10)7-4-2-1-3-5-7;1-4-8-5-2-7(1)3-6-8;1-2-4-5-3-1/h1-5,8-10H,6H2;7H,1-6H2;1-5H2. The Morgan fingerprint density at radius 2 is 1.35 bits per heavy atom. The molecule has 0 spiro atoms. The minimum Gasteiger partial charge on any atom is -0.393 e. The number of piperidine rings is 3. The zero-order valence-corrected chi connectivity index (χ0v) is 14.4. The second-order valence-corrected chi connectivity index (χ2v) is 6.95. The summed E-state index contributed by atoms with van der Waals surface area (Å²) < 4.78 is 0. The van der Waals surface area contributed by atoms with E-state index in [0.29, 0.717) is 0 Å². The Morgan fingerprint density at radius 3 is 1.65 bits per heavy atom. The summed E-state index contributed by atoms with van der Waals surface area (Å²) in [6, 6.07) is 9.08. The van der Waals surface area contributed by atoms with Gasteiger partial charge in [-0.3, -0.25) is 0 Å². The molecule has 1 saturated carbocycles. The molecule has 1 unspecified atom stereocenters. The molecule has 4 fully saturated rings. The molecule has 23 heavy (non-hydrogen) atoms. The molecule has 4 aliphatic rings. The molecule has 1 atom stereocenters. The summed E-state index contributed by atoms with van der Waals surface area (Å²) in [7, 11) is 0. The lowest BCUT2D eigenvalue weighted by Gasteiger charge is -2.38. The maximum Gasteiger partial charge on any atom is 0.102 e. The van der Waals surface area contributed by atoms with E-state index in [4.69, 9.17) is 10.2 Å². The van der Waals surface area contributed by atoms with Crippen molar-refractivity contribution in [2.45, 2.75) is 57.5 Å². The number of nitrogens with zero attached hydrogens (tertiary/aromatic N) is 1. The Morgan fingerprint density at radius 1 is 0.870 bits per heavy atom. The lowest BCUT2D eigenvalue weighted by molar-refractivity contribution is 0.0956. The van der Waals surface area contributed by atoms with Crippen LogP contribution in [0.3, 0.4) is 0 Å². The van der Waals surface area contributed by atoms with Gasteiger partial charge in [-0.15, -0.1) is 0 Å². The molecule has 1 aromatic rings. The molecular formula is C20H33NO2. The van der Waals surface area contributed by atoms with Crippen LogP contribution in [0.1, 0.15) is 63.0 Å². The van der Waals surface area contributed by atoms with Crippen LogP contribution in [0.4, 0.5) is 0 Å². The molecule has 3 heteroatoms. The molecule has 2 N–H and O–H groups in total. The van der Waals surface area contributed by atoms with Crippen molar-refractivity contribution in [1.82, 2.24) is 4.90 Å². The van der Waals surface area contributed by atoms with Crippen molar-refractivity contribution in [1.29, 1.82) is 0 Å². The van der Waals surface area contributed by atoms with E-state index >= 15 is 0 Å². The summed E-state index contributed by atoms with van der Waals surface area (Å²) in [6.45, 7) is 3.96. The summed E-state index contributed by atoms with van der Waals surface area (Å²) in [4.78, 5) is 2.58. The molecule has 5 rings (SSSR count).